The molecule has 1 aromatic heterocycles. The Bertz CT molecular complexity index is 1590. The van der Waals surface area contributed by atoms with Crippen molar-refractivity contribution in [1.82, 2.24) is 14.8 Å². The minimum absolute atomic E-state index is 0.0409. The van der Waals surface area contributed by atoms with Gasteiger partial charge in [0.15, 0.2) is 17.5 Å². The third-order valence-corrected chi connectivity index (χ3v) is 7.08. The highest BCUT2D eigenvalue weighted by Crippen LogP contribution is 2.37. The summed E-state index contributed by atoms with van der Waals surface area (Å²) in [6.45, 7) is 1.75. The van der Waals surface area contributed by atoms with Gasteiger partial charge in [-0.3, -0.25) is 14.4 Å². The molecule has 0 unspecified atom stereocenters. The van der Waals surface area contributed by atoms with Crippen molar-refractivity contribution in [3.8, 4) is 0 Å². The number of amides is 2. The number of rotatable bonds is 6. The summed E-state index contributed by atoms with van der Waals surface area (Å²) in [4.78, 5) is 40.3. The van der Waals surface area contributed by atoms with Gasteiger partial charge in [0, 0.05) is 42.7 Å². The van der Waals surface area contributed by atoms with Crippen molar-refractivity contribution >= 4 is 29.2 Å². The van der Waals surface area contributed by atoms with Gasteiger partial charge in [0.05, 0.1) is 6.54 Å². The number of pyridine rings is 1. The van der Waals surface area contributed by atoms with Gasteiger partial charge in [-0.25, -0.2) is 13.2 Å². The number of anilines is 1. The monoisotopic (exact) mass is 548 g/mol. The van der Waals surface area contributed by atoms with E-state index in [1.807, 2.05) is 18.2 Å². The Balaban J connectivity index is 1.23. The van der Waals surface area contributed by atoms with Gasteiger partial charge in [-0.15, -0.1) is 0 Å². The molecule has 0 aliphatic carbocycles. The summed E-state index contributed by atoms with van der Waals surface area (Å²) < 4.78 is 41.4. The molecule has 2 aliphatic heterocycles. The number of aromatic nitrogens is 1. The van der Waals surface area contributed by atoms with E-state index in [-0.39, 0.29) is 30.1 Å². The molecule has 1 fully saturated rings. The second-order valence-corrected chi connectivity index (χ2v) is 9.88. The van der Waals surface area contributed by atoms with Crippen LogP contribution >= 0.6 is 0 Å². The Labute approximate surface area is 228 Å². The van der Waals surface area contributed by atoms with Crippen molar-refractivity contribution in [2.75, 3.05) is 32.0 Å². The predicted octanol–water partition coefficient (Wildman–Crippen LogP) is 4.19. The van der Waals surface area contributed by atoms with E-state index in [1.165, 1.54) is 23.9 Å². The number of carbonyl (C=O) groups excluding carboxylic acids is 2. The Hall–Kier alpha value is -4.44. The Morgan fingerprint density at radius 3 is 2.50 bits per heavy atom. The van der Waals surface area contributed by atoms with Crippen LogP contribution in [0.5, 0.6) is 0 Å². The number of benzene rings is 2. The minimum atomic E-state index is -1.59. The Morgan fingerprint density at radius 2 is 1.77 bits per heavy atom. The van der Waals surface area contributed by atoms with Crippen LogP contribution in [0.25, 0.3) is 11.6 Å². The first-order chi connectivity index (χ1) is 19.2. The maximum atomic E-state index is 13.5. The van der Waals surface area contributed by atoms with E-state index in [0.29, 0.717) is 0 Å². The van der Waals surface area contributed by atoms with Crippen LogP contribution in [0.3, 0.4) is 0 Å². The first kappa shape index (κ1) is 27.1. The number of halogens is 3. The highest BCUT2D eigenvalue weighted by atomic mass is 19.2. The van der Waals surface area contributed by atoms with Crippen LogP contribution in [0.1, 0.15) is 39.9 Å². The van der Waals surface area contributed by atoms with Gasteiger partial charge in [-0.2, -0.15) is 0 Å². The number of nitrogens with one attached hydrogen (secondary N) is 2. The Kier molecular flexibility index (Phi) is 7.70. The maximum absolute atomic E-state index is 13.5. The number of likely N-dealkylation sites (tertiary alicyclic amines) is 1. The second kappa shape index (κ2) is 11.4. The zero-order valence-electron chi connectivity index (χ0n) is 21.8. The highest BCUT2D eigenvalue weighted by molar-refractivity contribution is 6.32. The second-order valence-electron chi connectivity index (χ2n) is 9.88. The standard InChI is InChI=1S/C30H27F3N4O3/c1-36-12-8-20(9-13-36)26-21-7-6-18(16-25(21)35-29(26)39)4-2-10-34-28(38)22-5-3-11-37(30(22)40)17-19-14-23(31)27(33)24(32)15-19/h2-7,11,14-16H,8-10,12-13,17H2,1H3,(H,34,38)(H,35,39)/b4-2+. The molecular weight excluding hydrogens is 521 g/mol. The molecule has 7 nitrogen and oxygen atoms in total. The van der Waals surface area contributed by atoms with E-state index in [4.69, 9.17) is 0 Å². The van der Waals surface area contributed by atoms with Gasteiger partial charge in [-0.05, 0) is 61.3 Å². The lowest BCUT2D eigenvalue weighted by Gasteiger charge is -2.25. The molecule has 2 N–H and O–H groups in total. The molecule has 3 heterocycles. The van der Waals surface area contributed by atoms with Crippen molar-refractivity contribution in [2.45, 2.75) is 19.4 Å². The summed E-state index contributed by atoms with van der Waals surface area (Å²) >= 11 is 0. The average molecular weight is 549 g/mol. The van der Waals surface area contributed by atoms with Crippen molar-refractivity contribution in [3.63, 3.8) is 0 Å². The topological polar surface area (TPSA) is 83.4 Å². The lowest BCUT2D eigenvalue weighted by atomic mass is 9.93. The number of hydrogen-bond acceptors (Lipinski definition) is 4. The van der Waals surface area contributed by atoms with Crippen molar-refractivity contribution in [1.29, 1.82) is 0 Å². The molecule has 0 atom stereocenters. The molecule has 1 saturated heterocycles. The molecule has 10 heteroatoms. The van der Waals surface area contributed by atoms with Crippen LogP contribution in [0, 0.1) is 17.5 Å². The first-order valence-corrected chi connectivity index (χ1v) is 12.8. The van der Waals surface area contributed by atoms with E-state index in [1.54, 1.807) is 12.2 Å². The van der Waals surface area contributed by atoms with Crippen LogP contribution in [0.2, 0.25) is 0 Å². The molecule has 2 aliphatic rings. The fraction of sp³-hybridized carbons (Fsp3) is 0.233. The minimum Gasteiger partial charge on any atom is -0.348 e. The third kappa shape index (κ3) is 5.62. The maximum Gasteiger partial charge on any atom is 0.263 e. The van der Waals surface area contributed by atoms with Gasteiger partial charge in [0.2, 0.25) is 0 Å². The fourth-order valence-corrected chi connectivity index (χ4v) is 4.96. The lowest BCUT2D eigenvalue weighted by molar-refractivity contribution is -0.110. The Morgan fingerprint density at radius 1 is 1.05 bits per heavy atom. The predicted molar refractivity (Wildman–Crippen MR) is 146 cm³/mol. The summed E-state index contributed by atoms with van der Waals surface area (Å²) in [6.07, 6.45) is 6.64. The lowest BCUT2D eigenvalue weighted by Crippen LogP contribution is -2.33. The number of hydrogen-bond donors (Lipinski definition) is 2. The summed E-state index contributed by atoms with van der Waals surface area (Å²) in [7, 11) is 2.07. The van der Waals surface area contributed by atoms with Crippen LogP contribution < -0.4 is 16.2 Å². The van der Waals surface area contributed by atoms with E-state index >= 15 is 0 Å². The number of nitrogens with zero attached hydrogens (tertiary/aromatic N) is 2. The summed E-state index contributed by atoms with van der Waals surface area (Å²) in [5.41, 5.74) is 3.69. The van der Waals surface area contributed by atoms with Gasteiger partial charge < -0.3 is 20.1 Å². The smallest absolute Gasteiger partial charge is 0.263 e. The van der Waals surface area contributed by atoms with Crippen LogP contribution in [-0.2, 0) is 11.3 Å². The molecule has 0 saturated carbocycles. The average Bonchev–Trinajstić information content (AvgIpc) is 3.26. The van der Waals surface area contributed by atoms with E-state index in [9.17, 15) is 27.6 Å². The van der Waals surface area contributed by atoms with Crippen molar-refractivity contribution in [2.24, 2.45) is 0 Å². The molecule has 0 bridgehead atoms. The van der Waals surface area contributed by atoms with Gasteiger partial charge in [0.1, 0.15) is 5.56 Å². The summed E-state index contributed by atoms with van der Waals surface area (Å²) in [6, 6.07) is 10.1. The molecular formula is C30H27F3N4O3. The molecule has 206 valence electrons. The van der Waals surface area contributed by atoms with E-state index in [0.717, 1.165) is 65.0 Å². The van der Waals surface area contributed by atoms with Gasteiger partial charge >= 0.3 is 0 Å². The van der Waals surface area contributed by atoms with Gasteiger partial charge in [-0.1, -0.05) is 29.9 Å². The third-order valence-electron chi connectivity index (χ3n) is 7.08. The molecule has 3 aromatic rings. The van der Waals surface area contributed by atoms with Gasteiger partial charge in [0.25, 0.3) is 17.4 Å². The summed E-state index contributed by atoms with van der Waals surface area (Å²) in [5, 5.41) is 5.60. The zero-order chi connectivity index (χ0) is 28.4. The van der Waals surface area contributed by atoms with Crippen LogP contribution in [0.4, 0.5) is 18.9 Å². The number of fused-ring (bicyclic) bond motifs is 1. The normalized spacial score (nSPS) is 15.4. The van der Waals surface area contributed by atoms with Crippen LogP contribution in [-0.4, -0.2) is 48.0 Å². The molecule has 0 radical (unpaired) electrons. The quantitative estimate of drug-likeness (QED) is 0.358. The number of piperidine rings is 1. The SMILES string of the molecule is CN1CCC(=C2C(=O)Nc3cc(/C=C/CNC(=O)c4cccn(Cc5cc(F)c(F)c(F)c5)c4=O)ccc32)CC1. The van der Waals surface area contributed by atoms with Crippen molar-refractivity contribution in [3.05, 3.63) is 110 Å². The first-order valence-electron chi connectivity index (χ1n) is 12.8. The molecule has 5 rings (SSSR count). The van der Waals surface area contributed by atoms with Crippen LogP contribution in [0.15, 0.2) is 65.1 Å². The molecule has 2 amide bonds. The van der Waals surface area contributed by atoms with E-state index < -0.39 is 28.9 Å². The summed E-state index contributed by atoms with van der Waals surface area (Å²) in [5.74, 6) is -4.99. The molecule has 40 heavy (non-hydrogen) atoms. The molecule has 0 spiro atoms. The fourth-order valence-electron chi connectivity index (χ4n) is 4.96. The largest absolute Gasteiger partial charge is 0.348 e. The molecule has 2 aromatic carbocycles. The zero-order valence-corrected chi connectivity index (χ0v) is 21.8. The van der Waals surface area contributed by atoms with E-state index in [2.05, 4.69) is 22.6 Å². The van der Waals surface area contributed by atoms with Crippen molar-refractivity contribution < 1.29 is 22.8 Å². The highest BCUT2D eigenvalue weighted by Gasteiger charge is 2.28. The number of carbonyl (C=O) groups is 2.